The number of rotatable bonds is 1. The number of hydrogen-bond donors (Lipinski definition) is 1. The summed E-state index contributed by atoms with van der Waals surface area (Å²) in [5, 5.41) is 2.18. The molecule has 0 saturated carbocycles. The highest BCUT2D eigenvalue weighted by Gasteiger charge is 2.47. The number of hydrogen-bond acceptors (Lipinski definition) is 5. The minimum atomic E-state index is -4.63. The summed E-state index contributed by atoms with van der Waals surface area (Å²) in [5.41, 5.74) is -2.75. The Bertz CT molecular complexity index is 872. The Morgan fingerprint density at radius 3 is 2.38 bits per heavy atom. The number of alkyl halides is 3. The number of aromatic nitrogens is 1. The number of aliphatic imine (C=N–C) groups is 1. The minimum Gasteiger partial charge on any atom is -0.444 e. The van der Waals surface area contributed by atoms with Crippen molar-refractivity contribution in [1.29, 1.82) is 0 Å². The van der Waals surface area contributed by atoms with Gasteiger partial charge in [-0.1, -0.05) is 11.6 Å². The van der Waals surface area contributed by atoms with Gasteiger partial charge in [0.2, 0.25) is 0 Å². The molecule has 1 N–H and O–H groups in total. The number of piperidine rings is 1. The van der Waals surface area contributed by atoms with Crippen molar-refractivity contribution < 1.29 is 27.5 Å². The molecule has 158 valence electrons. The molecular weight excluding hydrogens is 413 g/mol. The number of halogens is 4. The Morgan fingerprint density at radius 2 is 1.86 bits per heavy atom. The Morgan fingerprint density at radius 1 is 1.24 bits per heavy atom. The molecule has 0 radical (unpaired) electrons. The number of pyridine rings is 1. The van der Waals surface area contributed by atoms with E-state index >= 15 is 0 Å². The van der Waals surface area contributed by atoms with Crippen LogP contribution in [0.1, 0.15) is 44.9 Å². The van der Waals surface area contributed by atoms with Gasteiger partial charge in [0, 0.05) is 13.1 Å². The largest absolute Gasteiger partial charge is 0.444 e. The van der Waals surface area contributed by atoms with Crippen LogP contribution in [0.25, 0.3) is 0 Å². The molecule has 0 aliphatic carbocycles. The summed E-state index contributed by atoms with van der Waals surface area (Å²) in [6.45, 7) is 5.81. The second-order valence-corrected chi connectivity index (χ2v) is 8.30. The van der Waals surface area contributed by atoms with Crippen molar-refractivity contribution in [2.24, 2.45) is 4.99 Å². The fraction of sp³-hybridized carbons (Fsp3) is 0.556. The molecule has 2 aliphatic rings. The summed E-state index contributed by atoms with van der Waals surface area (Å²) in [4.78, 5) is 34.0. The first kappa shape index (κ1) is 21.4. The molecule has 3 heterocycles. The van der Waals surface area contributed by atoms with Crippen molar-refractivity contribution in [3.63, 3.8) is 0 Å². The van der Waals surface area contributed by atoms with Crippen molar-refractivity contribution in [3.05, 3.63) is 28.5 Å². The van der Waals surface area contributed by atoms with E-state index in [1.54, 1.807) is 20.8 Å². The highest BCUT2D eigenvalue weighted by molar-refractivity contribution is 6.34. The molecule has 0 aromatic carbocycles. The van der Waals surface area contributed by atoms with Crippen LogP contribution in [0.15, 0.2) is 17.1 Å². The smallest absolute Gasteiger partial charge is 0.433 e. The number of carbonyl (C=O) groups excluding carboxylic acids is 2. The highest BCUT2D eigenvalue weighted by Crippen LogP contribution is 2.34. The zero-order valence-corrected chi connectivity index (χ0v) is 16.8. The van der Waals surface area contributed by atoms with E-state index in [9.17, 15) is 22.8 Å². The van der Waals surface area contributed by atoms with Crippen LogP contribution in [0, 0.1) is 0 Å². The first-order valence-electron chi connectivity index (χ1n) is 8.94. The predicted molar refractivity (Wildman–Crippen MR) is 98.7 cm³/mol. The van der Waals surface area contributed by atoms with Crippen LogP contribution in [-0.4, -0.2) is 51.9 Å². The number of nitrogens with one attached hydrogen (secondary N) is 1. The first-order valence-corrected chi connectivity index (χ1v) is 9.32. The predicted octanol–water partition coefficient (Wildman–Crippen LogP) is 3.40. The van der Waals surface area contributed by atoms with Gasteiger partial charge in [0.15, 0.2) is 0 Å². The van der Waals surface area contributed by atoms with E-state index in [0.29, 0.717) is 0 Å². The van der Waals surface area contributed by atoms with E-state index < -0.39 is 34.3 Å². The molecule has 7 nitrogen and oxygen atoms in total. The molecule has 2 aliphatic heterocycles. The zero-order valence-electron chi connectivity index (χ0n) is 16.1. The molecule has 1 aromatic rings. The molecule has 1 spiro atoms. The van der Waals surface area contributed by atoms with Gasteiger partial charge in [-0.2, -0.15) is 13.2 Å². The Hall–Kier alpha value is -2.36. The molecule has 1 fully saturated rings. The lowest BCUT2D eigenvalue weighted by Crippen LogP contribution is -2.51. The van der Waals surface area contributed by atoms with Crippen LogP contribution in [0.4, 0.5) is 18.0 Å². The molecule has 1 aromatic heterocycles. The van der Waals surface area contributed by atoms with Crippen LogP contribution in [-0.2, 0) is 15.7 Å². The highest BCUT2D eigenvalue weighted by atomic mass is 35.5. The fourth-order valence-electron chi connectivity index (χ4n) is 3.14. The van der Waals surface area contributed by atoms with Crippen molar-refractivity contribution >= 4 is 29.4 Å². The van der Waals surface area contributed by atoms with Crippen LogP contribution in [0.3, 0.4) is 0 Å². The van der Waals surface area contributed by atoms with Crippen molar-refractivity contribution in [1.82, 2.24) is 15.2 Å². The lowest BCUT2D eigenvalue weighted by molar-refractivity contribution is -0.141. The molecule has 3 rings (SSSR count). The summed E-state index contributed by atoms with van der Waals surface area (Å²) in [5.74, 6) is -0.306. The van der Waals surface area contributed by atoms with Crippen LogP contribution < -0.4 is 5.32 Å². The van der Waals surface area contributed by atoms with Crippen molar-refractivity contribution in [3.8, 4) is 0 Å². The van der Waals surface area contributed by atoms with Crippen molar-refractivity contribution in [2.45, 2.75) is 50.9 Å². The average molecular weight is 433 g/mol. The maximum Gasteiger partial charge on any atom is 0.433 e. The molecule has 1 saturated heterocycles. The molecule has 2 amide bonds. The third kappa shape index (κ3) is 4.47. The van der Waals surface area contributed by atoms with Gasteiger partial charge in [0.1, 0.15) is 27.8 Å². The average Bonchev–Trinajstić information content (AvgIpc) is 2.89. The Labute approximate surface area is 170 Å². The van der Waals surface area contributed by atoms with Gasteiger partial charge in [0.05, 0.1) is 5.56 Å². The molecule has 11 heteroatoms. The summed E-state index contributed by atoms with van der Waals surface area (Å²) < 4.78 is 43.6. The number of amides is 2. The summed E-state index contributed by atoms with van der Waals surface area (Å²) in [6, 6.07) is 1.91. The van der Waals surface area contributed by atoms with Crippen LogP contribution in [0.5, 0.6) is 0 Å². The maximum absolute atomic E-state index is 12.8. The molecule has 0 atom stereocenters. The molecule has 29 heavy (non-hydrogen) atoms. The number of likely N-dealkylation sites (tertiary alicyclic amines) is 1. The number of amidine groups is 1. The Balaban J connectivity index is 1.77. The zero-order chi connectivity index (χ0) is 21.6. The van der Waals surface area contributed by atoms with Gasteiger partial charge in [-0.3, -0.25) is 9.79 Å². The topological polar surface area (TPSA) is 83.9 Å². The van der Waals surface area contributed by atoms with Crippen molar-refractivity contribution in [2.75, 3.05) is 13.1 Å². The van der Waals surface area contributed by atoms with Gasteiger partial charge >= 0.3 is 12.3 Å². The normalized spacial score (nSPS) is 19.2. The van der Waals surface area contributed by atoms with Gasteiger partial charge < -0.3 is 15.0 Å². The molecule has 0 unspecified atom stereocenters. The van der Waals surface area contributed by atoms with E-state index in [2.05, 4.69) is 15.3 Å². The first-order chi connectivity index (χ1) is 13.3. The monoisotopic (exact) mass is 432 g/mol. The molecular formula is C18H20ClF3N4O3. The van der Waals surface area contributed by atoms with E-state index in [1.165, 1.54) is 4.90 Å². The molecule has 0 bridgehead atoms. The number of carbonyl (C=O) groups is 2. The van der Waals surface area contributed by atoms with Crippen LogP contribution >= 0.6 is 11.6 Å². The number of nitrogens with zero attached hydrogens (tertiary/aromatic N) is 3. The van der Waals surface area contributed by atoms with Gasteiger partial charge in [-0.15, -0.1) is 0 Å². The quantitative estimate of drug-likeness (QED) is 0.689. The maximum atomic E-state index is 12.8. The second-order valence-electron chi connectivity index (χ2n) is 7.95. The van der Waals surface area contributed by atoms with Crippen LogP contribution in [0.2, 0.25) is 5.15 Å². The van der Waals surface area contributed by atoms with Gasteiger partial charge in [-0.25, -0.2) is 9.78 Å². The SMILES string of the molecule is CC(C)(C)OC(=O)N1CCC2(CC1)N=C(c1ccc(C(F)(F)F)nc1Cl)NC2=O. The van der Waals surface area contributed by atoms with E-state index in [-0.39, 0.29) is 43.2 Å². The van der Waals surface area contributed by atoms with E-state index in [4.69, 9.17) is 16.3 Å². The minimum absolute atomic E-state index is 0.0759. The lowest BCUT2D eigenvalue weighted by atomic mass is 9.88. The number of ether oxygens (including phenoxy) is 1. The van der Waals surface area contributed by atoms with E-state index in [0.717, 1.165) is 12.1 Å². The Kier molecular flexibility index (Phi) is 5.27. The third-order valence-electron chi connectivity index (χ3n) is 4.62. The van der Waals surface area contributed by atoms with Gasteiger partial charge in [0.25, 0.3) is 5.91 Å². The summed E-state index contributed by atoms with van der Waals surface area (Å²) >= 11 is 5.90. The van der Waals surface area contributed by atoms with Gasteiger partial charge in [-0.05, 0) is 45.7 Å². The lowest BCUT2D eigenvalue weighted by Gasteiger charge is -2.36. The fourth-order valence-corrected chi connectivity index (χ4v) is 3.38. The third-order valence-corrected chi connectivity index (χ3v) is 4.91. The summed E-state index contributed by atoms with van der Waals surface area (Å²) in [7, 11) is 0. The van der Waals surface area contributed by atoms with E-state index in [1.807, 2.05) is 0 Å². The summed E-state index contributed by atoms with van der Waals surface area (Å²) in [6.07, 6.45) is -4.58. The second kappa shape index (κ2) is 7.16. The standard InChI is InChI=1S/C18H20ClF3N4O3/c1-16(2,3)29-15(28)26-8-6-17(7-9-26)14(27)24-13(25-17)10-4-5-11(18(20,21)22)23-12(10)19/h4-5H,6-9H2,1-3H3,(H,24,25,27).